The van der Waals surface area contributed by atoms with E-state index in [4.69, 9.17) is 11.6 Å². The van der Waals surface area contributed by atoms with Gasteiger partial charge < -0.3 is 0 Å². The summed E-state index contributed by atoms with van der Waals surface area (Å²) in [6.45, 7) is 2.05. The first kappa shape index (κ1) is 19.5. The molecule has 0 saturated carbocycles. The average Bonchev–Trinajstić information content (AvgIpc) is 3.07. The van der Waals surface area contributed by atoms with E-state index in [1.807, 2.05) is 41.0 Å². The number of thioether (sulfide) groups is 1. The number of sulfone groups is 1. The van der Waals surface area contributed by atoms with Gasteiger partial charge in [-0.1, -0.05) is 35.5 Å². The minimum atomic E-state index is -2.89. The zero-order valence-electron chi connectivity index (χ0n) is 15.4. The van der Waals surface area contributed by atoms with Crippen LogP contribution in [-0.2, 0) is 9.84 Å². The van der Waals surface area contributed by atoms with Gasteiger partial charge in [0.1, 0.15) is 9.84 Å². The van der Waals surface area contributed by atoms with Crippen molar-refractivity contribution in [3.63, 3.8) is 0 Å². The summed E-state index contributed by atoms with van der Waals surface area (Å²) in [5.74, 6) is 1.23. The predicted octanol–water partition coefficient (Wildman–Crippen LogP) is 4.57. The lowest BCUT2D eigenvalue weighted by molar-refractivity contribution is 0.577. The maximum atomic E-state index is 11.7. The Morgan fingerprint density at radius 1 is 1.07 bits per heavy atom. The highest BCUT2D eigenvalue weighted by Crippen LogP contribution is 2.34. The van der Waals surface area contributed by atoms with Crippen LogP contribution in [0.3, 0.4) is 0 Å². The summed E-state index contributed by atoms with van der Waals surface area (Å²) in [7, 11) is -2.89. The van der Waals surface area contributed by atoms with Gasteiger partial charge in [0, 0.05) is 21.5 Å². The Morgan fingerprint density at radius 2 is 1.79 bits per heavy atom. The van der Waals surface area contributed by atoms with Gasteiger partial charge in [0.15, 0.2) is 11.0 Å². The van der Waals surface area contributed by atoms with E-state index in [2.05, 4.69) is 29.3 Å². The van der Waals surface area contributed by atoms with Crippen molar-refractivity contribution in [2.75, 3.05) is 11.5 Å². The van der Waals surface area contributed by atoms with E-state index in [1.54, 1.807) is 11.8 Å². The van der Waals surface area contributed by atoms with Crippen molar-refractivity contribution in [1.82, 2.24) is 14.8 Å². The van der Waals surface area contributed by atoms with E-state index in [0.717, 1.165) is 27.8 Å². The van der Waals surface area contributed by atoms with Gasteiger partial charge in [-0.2, -0.15) is 0 Å². The highest BCUT2D eigenvalue weighted by molar-refractivity contribution is 8.00. The molecule has 0 N–H and O–H groups in total. The Morgan fingerprint density at radius 3 is 2.46 bits per heavy atom. The number of aromatic nitrogens is 3. The summed E-state index contributed by atoms with van der Waals surface area (Å²) in [6, 6.07) is 15.7. The van der Waals surface area contributed by atoms with Crippen molar-refractivity contribution in [3.8, 4) is 17.1 Å². The molecule has 0 amide bonds. The van der Waals surface area contributed by atoms with Crippen molar-refractivity contribution < 1.29 is 8.42 Å². The molecular weight excluding hydrogens is 414 g/mol. The number of hydrogen-bond donors (Lipinski definition) is 0. The molecule has 2 aromatic carbocycles. The quantitative estimate of drug-likeness (QED) is 0.603. The molecule has 0 unspecified atom stereocenters. The molecule has 0 spiro atoms. The predicted molar refractivity (Wildman–Crippen MR) is 114 cm³/mol. The molecule has 28 heavy (non-hydrogen) atoms. The van der Waals surface area contributed by atoms with Crippen LogP contribution in [0, 0.1) is 6.92 Å². The molecule has 0 radical (unpaired) electrons. The molecule has 4 rings (SSSR count). The maximum absolute atomic E-state index is 11.7. The highest BCUT2D eigenvalue weighted by Gasteiger charge is 2.27. The van der Waals surface area contributed by atoms with Gasteiger partial charge in [0.25, 0.3) is 0 Å². The molecule has 5 nitrogen and oxygen atoms in total. The number of rotatable bonds is 4. The fourth-order valence-electron chi connectivity index (χ4n) is 3.27. The minimum Gasteiger partial charge on any atom is -0.270 e. The van der Waals surface area contributed by atoms with Crippen LogP contribution in [0.4, 0.5) is 0 Å². The number of halogens is 1. The first-order valence-electron chi connectivity index (χ1n) is 9.07. The second-order valence-electron chi connectivity index (χ2n) is 6.96. The lowest BCUT2D eigenvalue weighted by Gasteiger charge is -2.21. The summed E-state index contributed by atoms with van der Waals surface area (Å²) < 4.78 is 25.5. The standard InChI is InChI=1S/C20H20ClN3O2S2/c1-14-3-2-4-17(13-14)24-19(15-5-7-16(21)8-6-15)22-23-20(24)27-18-9-11-28(25,26)12-10-18/h2-8,13,18H,9-12H2,1H3. The summed E-state index contributed by atoms with van der Waals surface area (Å²) in [5.41, 5.74) is 3.06. The van der Waals surface area contributed by atoms with Crippen molar-refractivity contribution in [2.45, 2.75) is 30.2 Å². The first-order valence-corrected chi connectivity index (χ1v) is 12.1. The molecule has 3 aromatic rings. The van der Waals surface area contributed by atoms with Gasteiger partial charge in [0.2, 0.25) is 0 Å². The van der Waals surface area contributed by atoms with Gasteiger partial charge in [-0.3, -0.25) is 4.57 Å². The first-order chi connectivity index (χ1) is 13.4. The van der Waals surface area contributed by atoms with Crippen molar-refractivity contribution in [1.29, 1.82) is 0 Å². The van der Waals surface area contributed by atoms with Gasteiger partial charge in [-0.15, -0.1) is 10.2 Å². The van der Waals surface area contributed by atoms with Crippen LogP contribution >= 0.6 is 23.4 Å². The van der Waals surface area contributed by atoms with E-state index in [0.29, 0.717) is 17.9 Å². The molecule has 8 heteroatoms. The van der Waals surface area contributed by atoms with Crippen molar-refractivity contribution >= 4 is 33.2 Å². The third-order valence-corrected chi connectivity index (χ3v) is 8.02. The number of aryl methyl sites for hydroxylation is 1. The largest absolute Gasteiger partial charge is 0.270 e. The summed E-state index contributed by atoms with van der Waals surface area (Å²) >= 11 is 7.65. The van der Waals surface area contributed by atoms with E-state index in [9.17, 15) is 8.42 Å². The Balaban J connectivity index is 1.73. The molecule has 146 valence electrons. The van der Waals surface area contributed by atoms with Crippen LogP contribution in [0.15, 0.2) is 53.7 Å². The molecule has 0 bridgehead atoms. The smallest absolute Gasteiger partial charge is 0.196 e. The van der Waals surface area contributed by atoms with Crippen LogP contribution in [0.1, 0.15) is 18.4 Å². The lowest BCUT2D eigenvalue weighted by Crippen LogP contribution is -2.25. The van der Waals surface area contributed by atoms with Gasteiger partial charge in [-0.25, -0.2) is 8.42 Å². The third-order valence-electron chi connectivity index (χ3n) is 4.77. The van der Waals surface area contributed by atoms with Gasteiger partial charge in [-0.05, 0) is 61.7 Å². The zero-order chi connectivity index (χ0) is 19.7. The maximum Gasteiger partial charge on any atom is 0.196 e. The molecule has 0 atom stereocenters. The molecule has 1 aliphatic heterocycles. The monoisotopic (exact) mass is 433 g/mol. The Bertz CT molecular complexity index is 1080. The van der Waals surface area contributed by atoms with Gasteiger partial charge in [0.05, 0.1) is 11.5 Å². The summed E-state index contributed by atoms with van der Waals surface area (Å²) in [4.78, 5) is 0. The van der Waals surface area contributed by atoms with Crippen LogP contribution < -0.4 is 0 Å². The molecule has 1 saturated heterocycles. The number of benzene rings is 2. The van der Waals surface area contributed by atoms with E-state index < -0.39 is 9.84 Å². The van der Waals surface area contributed by atoms with E-state index >= 15 is 0 Å². The Kier molecular flexibility index (Phi) is 5.49. The second-order valence-corrected chi connectivity index (χ2v) is 11.0. The lowest BCUT2D eigenvalue weighted by atomic mass is 10.2. The van der Waals surface area contributed by atoms with Crippen LogP contribution in [-0.4, -0.2) is 39.9 Å². The zero-order valence-corrected chi connectivity index (χ0v) is 17.8. The molecular formula is C20H20ClN3O2S2. The molecule has 0 aliphatic carbocycles. The van der Waals surface area contributed by atoms with Crippen LogP contribution in [0.2, 0.25) is 5.02 Å². The summed E-state index contributed by atoms with van der Waals surface area (Å²) in [6.07, 6.45) is 1.29. The number of nitrogens with zero attached hydrogens (tertiary/aromatic N) is 3. The SMILES string of the molecule is Cc1cccc(-n2c(SC3CCS(=O)(=O)CC3)nnc2-c2ccc(Cl)cc2)c1. The fourth-order valence-corrected chi connectivity index (χ4v) is 6.34. The number of hydrogen-bond acceptors (Lipinski definition) is 5. The second kappa shape index (κ2) is 7.89. The van der Waals surface area contributed by atoms with E-state index in [1.165, 1.54) is 0 Å². The Labute approximate surface area is 174 Å². The minimum absolute atomic E-state index is 0.217. The Hall–Kier alpha value is -1.83. The average molecular weight is 434 g/mol. The fraction of sp³-hybridized carbons (Fsp3) is 0.300. The molecule has 1 aliphatic rings. The normalized spacial score (nSPS) is 16.9. The van der Waals surface area contributed by atoms with Crippen molar-refractivity contribution in [2.24, 2.45) is 0 Å². The molecule has 1 aromatic heterocycles. The highest BCUT2D eigenvalue weighted by atomic mass is 35.5. The van der Waals surface area contributed by atoms with Crippen molar-refractivity contribution in [3.05, 3.63) is 59.1 Å². The molecule has 1 fully saturated rings. The topological polar surface area (TPSA) is 64.8 Å². The summed E-state index contributed by atoms with van der Waals surface area (Å²) in [5, 5.41) is 10.6. The third kappa shape index (κ3) is 4.26. The van der Waals surface area contributed by atoms with Crippen LogP contribution in [0.5, 0.6) is 0 Å². The van der Waals surface area contributed by atoms with Crippen LogP contribution in [0.25, 0.3) is 17.1 Å². The molecule has 2 heterocycles. The van der Waals surface area contributed by atoms with Gasteiger partial charge >= 0.3 is 0 Å². The van der Waals surface area contributed by atoms with E-state index in [-0.39, 0.29) is 16.8 Å².